The van der Waals surface area contributed by atoms with E-state index in [0.717, 1.165) is 0 Å². The zero-order chi connectivity index (χ0) is 15.6. The lowest BCUT2D eigenvalue weighted by molar-refractivity contribution is -0.384. The fourth-order valence-corrected chi connectivity index (χ4v) is 1.67. The monoisotopic (exact) mass is 318 g/mol. The molecule has 0 radical (unpaired) electrons. The number of non-ortho nitro benzene ring substituents is 1. The number of nitrogens with one attached hydrogen (secondary N) is 1. The molecule has 0 amide bonds. The predicted molar refractivity (Wildman–Crippen MR) is 68.4 cm³/mol. The van der Waals surface area contributed by atoms with Gasteiger partial charge >= 0.3 is 6.18 Å². The van der Waals surface area contributed by atoms with Crippen LogP contribution in [-0.4, -0.2) is 14.9 Å². The average Bonchev–Trinajstić information content (AvgIpc) is 2.37. The molecule has 0 aliphatic carbocycles. The molecule has 110 valence electrons. The van der Waals surface area contributed by atoms with Crippen LogP contribution in [0, 0.1) is 10.1 Å². The first-order chi connectivity index (χ1) is 9.77. The minimum atomic E-state index is -4.65. The molecule has 0 spiro atoms. The van der Waals surface area contributed by atoms with Crippen molar-refractivity contribution in [1.82, 2.24) is 9.97 Å². The first kappa shape index (κ1) is 15.0. The number of nitro groups is 1. The van der Waals surface area contributed by atoms with Gasteiger partial charge in [-0.2, -0.15) is 13.2 Å². The highest BCUT2D eigenvalue weighted by Gasteiger charge is 2.34. The van der Waals surface area contributed by atoms with Gasteiger partial charge in [0.15, 0.2) is 0 Å². The Labute approximate surface area is 120 Å². The first-order valence-corrected chi connectivity index (χ1v) is 5.76. The highest BCUT2D eigenvalue weighted by molar-refractivity contribution is 6.30. The van der Waals surface area contributed by atoms with E-state index in [-0.39, 0.29) is 17.3 Å². The molecule has 0 unspecified atom stereocenters. The van der Waals surface area contributed by atoms with Crippen molar-refractivity contribution < 1.29 is 18.1 Å². The van der Waals surface area contributed by atoms with Crippen LogP contribution in [0.5, 0.6) is 0 Å². The molecular weight excluding hydrogens is 313 g/mol. The molecule has 0 saturated carbocycles. The number of halogens is 4. The van der Waals surface area contributed by atoms with Gasteiger partial charge < -0.3 is 5.32 Å². The highest BCUT2D eigenvalue weighted by Crippen LogP contribution is 2.33. The van der Waals surface area contributed by atoms with Crippen LogP contribution in [0.1, 0.15) is 5.56 Å². The van der Waals surface area contributed by atoms with E-state index in [4.69, 9.17) is 11.6 Å². The Morgan fingerprint density at radius 2 is 2.05 bits per heavy atom. The Morgan fingerprint density at radius 1 is 1.33 bits per heavy atom. The van der Waals surface area contributed by atoms with E-state index >= 15 is 0 Å². The summed E-state index contributed by atoms with van der Waals surface area (Å²) in [5.41, 5.74) is -1.09. The fourth-order valence-electron chi connectivity index (χ4n) is 1.44. The molecule has 1 aromatic heterocycles. The van der Waals surface area contributed by atoms with Crippen molar-refractivity contribution >= 4 is 28.9 Å². The van der Waals surface area contributed by atoms with Gasteiger partial charge in [0, 0.05) is 24.0 Å². The van der Waals surface area contributed by atoms with E-state index in [1.165, 1.54) is 24.3 Å². The standard InChI is InChI=1S/C11H6ClF3N4O2/c12-9-8(11(13,14)15)5-16-10(18-9)17-6-2-1-3-7(4-6)19(20)21/h1-5H,(H,16,17,18). The van der Waals surface area contributed by atoms with Gasteiger partial charge in [-0.25, -0.2) is 9.97 Å². The lowest BCUT2D eigenvalue weighted by atomic mass is 10.3. The SMILES string of the molecule is O=[N+]([O-])c1cccc(Nc2ncc(C(F)(F)F)c(Cl)n2)c1. The number of nitrogens with zero attached hydrogens (tertiary/aromatic N) is 3. The summed E-state index contributed by atoms with van der Waals surface area (Å²) in [5.74, 6) is -0.200. The summed E-state index contributed by atoms with van der Waals surface area (Å²) >= 11 is 5.44. The summed E-state index contributed by atoms with van der Waals surface area (Å²) in [6.07, 6.45) is -4.11. The number of benzene rings is 1. The summed E-state index contributed by atoms with van der Waals surface area (Å²) in [6, 6.07) is 5.34. The second-order valence-corrected chi connectivity index (χ2v) is 4.19. The van der Waals surface area contributed by atoms with Crippen molar-refractivity contribution in [2.75, 3.05) is 5.32 Å². The van der Waals surface area contributed by atoms with Crippen LogP contribution >= 0.6 is 11.6 Å². The van der Waals surface area contributed by atoms with Gasteiger partial charge in [-0.1, -0.05) is 17.7 Å². The van der Waals surface area contributed by atoms with Crippen LogP contribution < -0.4 is 5.32 Å². The van der Waals surface area contributed by atoms with Crippen LogP contribution in [0.4, 0.5) is 30.5 Å². The van der Waals surface area contributed by atoms with E-state index < -0.39 is 21.8 Å². The molecule has 0 aliphatic heterocycles. The number of rotatable bonds is 3. The van der Waals surface area contributed by atoms with Crippen LogP contribution in [0.15, 0.2) is 30.5 Å². The van der Waals surface area contributed by atoms with Gasteiger partial charge in [0.05, 0.1) is 4.92 Å². The van der Waals surface area contributed by atoms with Crippen molar-refractivity contribution in [3.05, 3.63) is 51.3 Å². The third-order valence-electron chi connectivity index (χ3n) is 2.36. The van der Waals surface area contributed by atoms with E-state index in [1.807, 2.05) is 0 Å². The fraction of sp³-hybridized carbons (Fsp3) is 0.0909. The average molecular weight is 319 g/mol. The molecule has 0 bridgehead atoms. The smallest absolute Gasteiger partial charge is 0.324 e. The quantitative estimate of drug-likeness (QED) is 0.529. The maximum Gasteiger partial charge on any atom is 0.420 e. The summed E-state index contributed by atoms with van der Waals surface area (Å²) in [7, 11) is 0. The lowest BCUT2D eigenvalue weighted by Gasteiger charge is -2.09. The Balaban J connectivity index is 2.27. The lowest BCUT2D eigenvalue weighted by Crippen LogP contribution is -2.09. The summed E-state index contributed by atoms with van der Waals surface area (Å²) in [6.45, 7) is 0. The Bertz CT molecular complexity index is 693. The van der Waals surface area contributed by atoms with Gasteiger partial charge in [0.2, 0.25) is 5.95 Å². The Kier molecular flexibility index (Phi) is 3.94. The largest absolute Gasteiger partial charge is 0.420 e. The zero-order valence-corrected chi connectivity index (χ0v) is 10.8. The third-order valence-corrected chi connectivity index (χ3v) is 2.65. The van der Waals surface area contributed by atoms with E-state index in [1.54, 1.807) is 0 Å². The predicted octanol–water partition coefficient (Wildman–Crippen LogP) is 3.80. The summed E-state index contributed by atoms with van der Waals surface area (Å²) in [5, 5.41) is 12.4. The van der Waals surface area contributed by atoms with Crippen molar-refractivity contribution in [2.45, 2.75) is 6.18 Å². The number of aromatic nitrogens is 2. The molecule has 0 saturated heterocycles. The van der Waals surface area contributed by atoms with Gasteiger partial charge in [-0.05, 0) is 6.07 Å². The molecule has 6 nitrogen and oxygen atoms in total. The highest BCUT2D eigenvalue weighted by atomic mass is 35.5. The van der Waals surface area contributed by atoms with E-state index in [2.05, 4.69) is 15.3 Å². The van der Waals surface area contributed by atoms with Gasteiger partial charge in [-0.3, -0.25) is 10.1 Å². The minimum Gasteiger partial charge on any atom is -0.324 e. The van der Waals surface area contributed by atoms with Crippen LogP contribution in [0.3, 0.4) is 0 Å². The van der Waals surface area contributed by atoms with Crippen molar-refractivity contribution in [3.63, 3.8) is 0 Å². The molecule has 1 N–H and O–H groups in total. The Hall–Kier alpha value is -2.42. The molecule has 1 heterocycles. The number of hydrogen-bond donors (Lipinski definition) is 1. The summed E-state index contributed by atoms with van der Waals surface area (Å²) < 4.78 is 37.5. The maximum absolute atomic E-state index is 12.5. The number of anilines is 2. The van der Waals surface area contributed by atoms with E-state index in [0.29, 0.717) is 6.20 Å². The van der Waals surface area contributed by atoms with Crippen molar-refractivity contribution in [3.8, 4) is 0 Å². The molecule has 10 heteroatoms. The van der Waals surface area contributed by atoms with Gasteiger partial charge in [-0.15, -0.1) is 0 Å². The molecule has 1 aromatic carbocycles. The first-order valence-electron chi connectivity index (χ1n) is 5.38. The number of hydrogen-bond acceptors (Lipinski definition) is 5. The normalized spacial score (nSPS) is 11.2. The van der Waals surface area contributed by atoms with E-state index in [9.17, 15) is 23.3 Å². The van der Waals surface area contributed by atoms with Crippen molar-refractivity contribution in [1.29, 1.82) is 0 Å². The van der Waals surface area contributed by atoms with Crippen LogP contribution in [0.25, 0.3) is 0 Å². The Morgan fingerprint density at radius 3 is 2.62 bits per heavy atom. The number of alkyl halides is 3. The van der Waals surface area contributed by atoms with Gasteiger partial charge in [0.1, 0.15) is 10.7 Å². The molecule has 21 heavy (non-hydrogen) atoms. The zero-order valence-electron chi connectivity index (χ0n) is 10.1. The van der Waals surface area contributed by atoms with Crippen molar-refractivity contribution in [2.24, 2.45) is 0 Å². The molecule has 0 fully saturated rings. The molecule has 2 aromatic rings. The second-order valence-electron chi connectivity index (χ2n) is 3.83. The molecule has 0 atom stereocenters. The number of nitro benzene ring substituents is 1. The van der Waals surface area contributed by atoms with Crippen LogP contribution in [-0.2, 0) is 6.18 Å². The second kappa shape index (κ2) is 5.52. The molecule has 2 rings (SSSR count). The molecular formula is C11H6ClF3N4O2. The topological polar surface area (TPSA) is 81.0 Å². The third kappa shape index (κ3) is 3.57. The summed E-state index contributed by atoms with van der Waals surface area (Å²) in [4.78, 5) is 17.0. The maximum atomic E-state index is 12.5. The molecule has 0 aliphatic rings. The minimum absolute atomic E-state index is 0.182. The van der Waals surface area contributed by atoms with Crippen LogP contribution in [0.2, 0.25) is 5.15 Å². The van der Waals surface area contributed by atoms with Gasteiger partial charge in [0.25, 0.3) is 5.69 Å².